The largest absolute Gasteiger partial charge is 0.327 e. The minimum atomic E-state index is 0. The number of halogens is 1. The van der Waals surface area contributed by atoms with Gasteiger partial charge in [0, 0.05) is 23.7 Å². The maximum atomic E-state index is 5.84. The van der Waals surface area contributed by atoms with E-state index in [9.17, 15) is 0 Å². The molecule has 1 aliphatic rings. The molecule has 0 aliphatic heterocycles. The van der Waals surface area contributed by atoms with Crippen LogP contribution in [0.15, 0.2) is 42.6 Å². The second-order valence-corrected chi connectivity index (χ2v) is 4.85. The Morgan fingerprint density at radius 1 is 1.11 bits per heavy atom. The van der Waals surface area contributed by atoms with E-state index in [-0.39, 0.29) is 12.4 Å². The van der Waals surface area contributed by atoms with Gasteiger partial charge in [0.05, 0.1) is 5.69 Å². The molecular formula is C15H17ClN2. The first-order valence-corrected chi connectivity index (χ1v) is 6.02. The predicted molar refractivity (Wildman–Crippen MR) is 77.0 cm³/mol. The molecule has 1 aliphatic carbocycles. The summed E-state index contributed by atoms with van der Waals surface area (Å²) in [6.07, 6.45) is 3.07. The molecule has 94 valence electrons. The Bertz CT molecular complexity index is 519. The summed E-state index contributed by atoms with van der Waals surface area (Å²) in [6, 6.07) is 13.0. The van der Waals surface area contributed by atoms with Crippen LogP contribution in [0.1, 0.15) is 23.5 Å². The molecule has 0 radical (unpaired) electrons. The van der Waals surface area contributed by atoms with Gasteiger partial charge in [-0.05, 0) is 25.0 Å². The average Bonchev–Trinajstić information content (AvgIpc) is 3.08. The van der Waals surface area contributed by atoms with Crippen molar-refractivity contribution >= 4 is 12.4 Å². The van der Waals surface area contributed by atoms with Gasteiger partial charge in [-0.15, -0.1) is 12.4 Å². The molecule has 3 rings (SSSR count). The Morgan fingerprint density at radius 2 is 1.78 bits per heavy atom. The van der Waals surface area contributed by atoms with E-state index in [0.717, 1.165) is 12.1 Å². The Balaban J connectivity index is 0.00000120. The first-order chi connectivity index (χ1) is 8.24. The molecule has 2 aromatic rings. The number of hydrogen-bond acceptors (Lipinski definition) is 2. The maximum Gasteiger partial charge on any atom is 0.0702 e. The number of nitrogens with two attached hydrogens (primary N) is 1. The number of aryl methyl sites for hydroxylation is 1. The fourth-order valence-electron chi connectivity index (χ4n) is 2.12. The van der Waals surface area contributed by atoms with E-state index >= 15 is 0 Å². The van der Waals surface area contributed by atoms with Gasteiger partial charge in [0.15, 0.2) is 0 Å². The Kier molecular flexibility index (Phi) is 3.69. The minimum absolute atomic E-state index is 0. The molecule has 3 heteroatoms. The Morgan fingerprint density at radius 3 is 2.28 bits per heavy atom. The van der Waals surface area contributed by atoms with Gasteiger partial charge in [0.2, 0.25) is 0 Å². The third kappa shape index (κ3) is 2.55. The molecule has 0 amide bonds. The zero-order valence-electron chi connectivity index (χ0n) is 10.3. The van der Waals surface area contributed by atoms with Gasteiger partial charge in [-0.3, -0.25) is 4.98 Å². The average molecular weight is 261 g/mol. The monoisotopic (exact) mass is 260 g/mol. The lowest BCUT2D eigenvalue weighted by Gasteiger charge is -2.03. The molecule has 1 fully saturated rings. The second kappa shape index (κ2) is 5.09. The van der Waals surface area contributed by atoms with Gasteiger partial charge in [-0.2, -0.15) is 0 Å². The minimum Gasteiger partial charge on any atom is -0.327 e. The lowest BCUT2D eigenvalue weighted by molar-refractivity contribution is 0.981. The normalized spacial score (nSPS) is 21.2. The molecule has 0 bridgehead atoms. The lowest BCUT2D eigenvalue weighted by atomic mass is 10.1. The van der Waals surface area contributed by atoms with Gasteiger partial charge in [0.1, 0.15) is 0 Å². The summed E-state index contributed by atoms with van der Waals surface area (Å²) in [4.78, 5) is 4.52. The highest BCUT2D eigenvalue weighted by atomic mass is 35.5. The number of pyridine rings is 1. The summed E-state index contributed by atoms with van der Waals surface area (Å²) in [5, 5.41) is 0. The molecule has 2 nitrogen and oxygen atoms in total. The first kappa shape index (κ1) is 13.1. The topological polar surface area (TPSA) is 38.9 Å². The summed E-state index contributed by atoms with van der Waals surface area (Å²) >= 11 is 0. The molecule has 1 saturated carbocycles. The Labute approximate surface area is 114 Å². The van der Waals surface area contributed by atoms with Gasteiger partial charge in [0.25, 0.3) is 0 Å². The third-order valence-corrected chi connectivity index (χ3v) is 3.40. The van der Waals surface area contributed by atoms with Crippen molar-refractivity contribution in [2.24, 2.45) is 5.73 Å². The highest BCUT2D eigenvalue weighted by molar-refractivity contribution is 5.85. The highest BCUT2D eigenvalue weighted by Crippen LogP contribution is 2.38. The van der Waals surface area contributed by atoms with Crippen molar-refractivity contribution in [3.63, 3.8) is 0 Å². The molecular weight excluding hydrogens is 244 g/mol. The standard InChI is InChI=1S/C15H16N2.ClH/c1-10-2-4-11(5-3-10)15-7-6-12(9-17-15)13-8-14(13)16;/h2-7,9,13-14H,8,16H2,1H3;1H/t13-,14+;/m0./s1. The van der Waals surface area contributed by atoms with Crippen LogP contribution in [0.3, 0.4) is 0 Å². The molecule has 0 spiro atoms. The first-order valence-electron chi connectivity index (χ1n) is 6.02. The van der Waals surface area contributed by atoms with Crippen molar-refractivity contribution in [1.29, 1.82) is 0 Å². The number of aromatic nitrogens is 1. The van der Waals surface area contributed by atoms with Crippen molar-refractivity contribution in [3.8, 4) is 11.3 Å². The molecule has 0 unspecified atom stereocenters. The molecule has 2 N–H and O–H groups in total. The summed E-state index contributed by atoms with van der Waals surface area (Å²) < 4.78 is 0. The van der Waals surface area contributed by atoms with E-state index in [0.29, 0.717) is 12.0 Å². The van der Waals surface area contributed by atoms with Gasteiger partial charge in [-0.25, -0.2) is 0 Å². The van der Waals surface area contributed by atoms with Crippen LogP contribution in [-0.4, -0.2) is 11.0 Å². The van der Waals surface area contributed by atoms with Crippen LogP contribution < -0.4 is 5.73 Å². The zero-order valence-corrected chi connectivity index (χ0v) is 11.2. The smallest absolute Gasteiger partial charge is 0.0702 e. The fraction of sp³-hybridized carbons (Fsp3) is 0.267. The quantitative estimate of drug-likeness (QED) is 0.900. The van der Waals surface area contributed by atoms with E-state index in [1.807, 2.05) is 6.20 Å². The summed E-state index contributed by atoms with van der Waals surface area (Å²) in [5.74, 6) is 0.537. The molecule has 18 heavy (non-hydrogen) atoms. The summed E-state index contributed by atoms with van der Waals surface area (Å²) in [7, 11) is 0. The van der Waals surface area contributed by atoms with E-state index in [1.165, 1.54) is 16.7 Å². The van der Waals surface area contributed by atoms with Crippen molar-refractivity contribution in [2.45, 2.75) is 25.3 Å². The molecule has 1 heterocycles. The van der Waals surface area contributed by atoms with Gasteiger partial charge < -0.3 is 5.73 Å². The van der Waals surface area contributed by atoms with Crippen molar-refractivity contribution in [1.82, 2.24) is 4.98 Å². The van der Waals surface area contributed by atoms with E-state index < -0.39 is 0 Å². The van der Waals surface area contributed by atoms with Crippen LogP contribution in [0.4, 0.5) is 0 Å². The molecule has 1 aromatic heterocycles. The van der Waals surface area contributed by atoms with Gasteiger partial charge >= 0.3 is 0 Å². The number of hydrogen-bond donors (Lipinski definition) is 1. The lowest BCUT2D eigenvalue weighted by Crippen LogP contribution is -2.01. The van der Waals surface area contributed by atoms with Crippen molar-refractivity contribution in [3.05, 3.63) is 53.7 Å². The zero-order chi connectivity index (χ0) is 11.8. The van der Waals surface area contributed by atoms with Crippen LogP contribution in [0.25, 0.3) is 11.3 Å². The van der Waals surface area contributed by atoms with Crippen LogP contribution >= 0.6 is 12.4 Å². The van der Waals surface area contributed by atoms with Crippen LogP contribution in [0, 0.1) is 6.92 Å². The van der Waals surface area contributed by atoms with Crippen LogP contribution in [0.5, 0.6) is 0 Å². The summed E-state index contributed by atoms with van der Waals surface area (Å²) in [6.45, 7) is 2.09. The summed E-state index contributed by atoms with van der Waals surface area (Å²) in [5.41, 5.74) is 10.6. The van der Waals surface area contributed by atoms with E-state index in [2.05, 4.69) is 48.3 Å². The third-order valence-electron chi connectivity index (χ3n) is 3.40. The number of benzene rings is 1. The Hall–Kier alpha value is -1.38. The number of nitrogens with zero attached hydrogens (tertiary/aromatic N) is 1. The van der Waals surface area contributed by atoms with Gasteiger partial charge in [-0.1, -0.05) is 35.9 Å². The fourth-order valence-corrected chi connectivity index (χ4v) is 2.12. The molecule has 2 atom stereocenters. The highest BCUT2D eigenvalue weighted by Gasteiger charge is 2.34. The molecule has 1 aromatic carbocycles. The van der Waals surface area contributed by atoms with E-state index in [1.54, 1.807) is 0 Å². The predicted octanol–water partition coefficient (Wildman–Crippen LogP) is 3.29. The van der Waals surface area contributed by atoms with Crippen LogP contribution in [0.2, 0.25) is 0 Å². The number of rotatable bonds is 2. The second-order valence-electron chi connectivity index (χ2n) is 4.85. The van der Waals surface area contributed by atoms with Crippen LogP contribution in [-0.2, 0) is 0 Å². The maximum absolute atomic E-state index is 5.84. The SMILES string of the molecule is Cc1ccc(-c2ccc([C@@H]3C[C@H]3N)cn2)cc1.Cl. The van der Waals surface area contributed by atoms with Crippen molar-refractivity contribution in [2.75, 3.05) is 0 Å². The van der Waals surface area contributed by atoms with E-state index in [4.69, 9.17) is 5.73 Å². The molecule has 0 saturated heterocycles. The van der Waals surface area contributed by atoms with Crippen molar-refractivity contribution < 1.29 is 0 Å².